The van der Waals surface area contributed by atoms with Crippen LogP contribution in [0.4, 0.5) is 5.69 Å². The monoisotopic (exact) mass is 352 g/mol. The van der Waals surface area contributed by atoms with Gasteiger partial charge >= 0.3 is 0 Å². The molecule has 2 amide bonds. The molecule has 1 N–H and O–H groups in total. The summed E-state index contributed by atoms with van der Waals surface area (Å²) >= 11 is 0. The molecule has 0 saturated carbocycles. The average Bonchev–Trinajstić information content (AvgIpc) is 3.19. The van der Waals surface area contributed by atoms with E-state index in [1.54, 1.807) is 0 Å². The molecule has 26 heavy (non-hydrogen) atoms. The van der Waals surface area contributed by atoms with Crippen molar-refractivity contribution in [3.63, 3.8) is 0 Å². The number of nitrogens with one attached hydrogen (secondary N) is 1. The lowest BCUT2D eigenvalue weighted by atomic mass is 10.1. The van der Waals surface area contributed by atoms with E-state index >= 15 is 0 Å². The second kappa shape index (κ2) is 9.04. The van der Waals surface area contributed by atoms with Crippen molar-refractivity contribution in [1.82, 2.24) is 4.90 Å². The summed E-state index contributed by atoms with van der Waals surface area (Å²) in [6.45, 7) is 2.08. The molecule has 0 aliphatic carbocycles. The van der Waals surface area contributed by atoms with Crippen LogP contribution >= 0.6 is 0 Å². The zero-order valence-electron chi connectivity index (χ0n) is 14.8. The van der Waals surface area contributed by atoms with Gasteiger partial charge in [-0.15, -0.1) is 0 Å². The number of likely N-dealkylation sites (tertiary alicyclic amines) is 1. The summed E-state index contributed by atoms with van der Waals surface area (Å²) in [7, 11) is 0. The van der Waals surface area contributed by atoms with E-state index in [4.69, 9.17) is 4.74 Å². The first kappa shape index (κ1) is 18.0. The van der Waals surface area contributed by atoms with Gasteiger partial charge in [0.2, 0.25) is 11.8 Å². The smallest absolute Gasteiger partial charge is 0.227 e. The van der Waals surface area contributed by atoms with E-state index in [0.717, 1.165) is 42.9 Å². The van der Waals surface area contributed by atoms with Gasteiger partial charge in [0.25, 0.3) is 0 Å². The number of hydrogen-bond acceptors (Lipinski definition) is 3. The second-order valence-electron chi connectivity index (χ2n) is 6.42. The minimum Gasteiger partial charge on any atom is -0.493 e. The van der Waals surface area contributed by atoms with Gasteiger partial charge in [-0.3, -0.25) is 9.59 Å². The van der Waals surface area contributed by atoms with Crippen molar-refractivity contribution < 1.29 is 14.3 Å². The first-order valence-electron chi connectivity index (χ1n) is 9.05. The number of carbonyl (C=O) groups excluding carboxylic acids is 2. The van der Waals surface area contributed by atoms with Crippen molar-refractivity contribution >= 4 is 17.5 Å². The van der Waals surface area contributed by atoms with Gasteiger partial charge in [-0.1, -0.05) is 30.3 Å². The van der Waals surface area contributed by atoms with Gasteiger partial charge in [0.05, 0.1) is 19.4 Å². The number of para-hydroxylation sites is 1. The number of carbonyl (C=O) groups is 2. The molecule has 0 spiro atoms. The molecule has 0 radical (unpaired) electrons. The Morgan fingerprint density at radius 3 is 2.35 bits per heavy atom. The molecule has 1 fully saturated rings. The van der Waals surface area contributed by atoms with Crippen LogP contribution in [0.15, 0.2) is 54.6 Å². The highest BCUT2D eigenvalue weighted by atomic mass is 16.5. The number of anilines is 1. The van der Waals surface area contributed by atoms with E-state index in [0.29, 0.717) is 13.0 Å². The molecule has 1 heterocycles. The Balaban J connectivity index is 1.41. The average molecular weight is 352 g/mol. The Morgan fingerprint density at radius 1 is 0.962 bits per heavy atom. The largest absolute Gasteiger partial charge is 0.493 e. The molecule has 3 rings (SSSR count). The van der Waals surface area contributed by atoms with Crippen molar-refractivity contribution in [3.05, 3.63) is 60.2 Å². The third kappa shape index (κ3) is 5.34. The summed E-state index contributed by atoms with van der Waals surface area (Å²) < 4.78 is 5.52. The second-order valence-corrected chi connectivity index (χ2v) is 6.42. The summed E-state index contributed by atoms with van der Waals surface area (Å²) in [6, 6.07) is 16.9. The van der Waals surface area contributed by atoms with Gasteiger partial charge in [-0.05, 0) is 42.7 Å². The predicted octanol–water partition coefficient (Wildman–Crippen LogP) is 3.26. The molecule has 1 saturated heterocycles. The van der Waals surface area contributed by atoms with Crippen molar-refractivity contribution in [2.45, 2.75) is 25.7 Å². The Bertz CT molecular complexity index is 723. The van der Waals surface area contributed by atoms with Gasteiger partial charge in [-0.2, -0.15) is 0 Å². The highest BCUT2D eigenvalue weighted by Gasteiger charge is 2.17. The Morgan fingerprint density at radius 2 is 1.65 bits per heavy atom. The normalized spacial score (nSPS) is 13.5. The van der Waals surface area contributed by atoms with Crippen LogP contribution in [0.25, 0.3) is 0 Å². The van der Waals surface area contributed by atoms with Gasteiger partial charge in [0, 0.05) is 18.8 Å². The maximum atomic E-state index is 12.2. The van der Waals surface area contributed by atoms with E-state index < -0.39 is 0 Å². The maximum absolute atomic E-state index is 12.2. The minimum absolute atomic E-state index is 0.0955. The van der Waals surface area contributed by atoms with E-state index in [9.17, 15) is 9.59 Å². The summed E-state index contributed by atoms with van der Waals surface area (Å²) in [5.74, 6) is 0.839. The molecular formula is C21H24N2O3. The maximum Gasteiger partial charge on any atom is 0.227 e. The fourth-order valence-corrected chi connectivity index (χ4v) is 2.96. The van der Waals surface area contributed by atoms with E-state index in [1.165, 1.54) is 0 Å². The molecule has 0 bridgehead atoms. The Kier molecular flexibility index (Phi) is 6.25. The summed E-state index contributed by atoms with van der Waals surface area (Å²) in [5.41, 5.74) is 1.69. The molecule has 2 aromatic rings. The SMILES string of the molecule is O=C(CCOc1ccccc1)Nc1ccc(CC(=O)N2CCCC2)cc1. The van der Waals surface area contributed by atoms with Crippen molar-refractivity contribution in [3.8, 4) is 5.75 Å². The standard InChI is InChI=1S/C21H24N2O3/c24-20(12-15-26-19-6-2-1-3-7-19)22-18-10-8-17(9-11-18)16-21(25)23-13-4-5-14-23/h1-3,6-11H,4-5,12-16H2,(H,22,24). The molecule has 2 aromatic carbocycles. The molecule has 136 valence electrons. The quantitative estimate of drug-likeness (QED) is 0.832. The van der Waals surface area contributed by atoms with E-state index in [2.05, 4.69) is 5.32 Å². The van der Waals surface area contributed by atoms with E-state index in [-0.39, 0.29) is 18.2 Å². The highest BCUT2D eigenvalue weighted by molar-refractivity contribution is 5.90. The lowest BCUT2D eigenvalue weighted by Crippen LogP contribution is -2.29. The third-order valence-corrected chi connectivity index (χ3v) is 4.39. The molecule has 1 aliphatic rings. The molecule has 0 atom stereocenters. The van der Waals surface area contributed by atoms with Crippen LogP contribution in [0.1, 0.15) is 24.8 Å². The number of benzene rings is 2. The van der Waals surface area contributed by atoms with Crippen LogP contribution in [0, 0.1) is 0 Å². The van der Waals surface area contributed by atoms with Crippen molar-refractivity contribution in [1.29, 1.82) is 0 Å². The van der Waals surface area contributed by atoms with E-state index in [1.807, 2.05) is 59.5 Å². The fraction of sp³-hybridized carbons (Fsp3) is 0.333. The molecule has 0 unspecified atom stereocenters. The van der Waals surface area contributed by atoms with Crippen LogP contribution in [-0.2, 0) is 16.0 Å². The predicted molar refractivity (Wildman–Crippen MR) is 101 cm³/mol. The topological polar surface area (TPSA) is 58.6 Å². The van der Waals surface area contributed by atoms with Gasteiger partial charge < -0.3 is 15.0 Å². The van der Waals surface area contributed by atoms with Crippen molar-refractivity contribution in [2.24, 2.45) is 0 Å². The van der Waals surface area contributed by atoms with Gasteiger partial charge in [-0.25, -0.2) is 0 Å². The lowest BCUT2D eigenvalue weighted by Gasteiger charge is -2.15. The molecule has 5 heteroatoms. The zero-order valence-corrected chi connectivity index (χ0v) is 14.8. The third-order valence-electron chi connectivity index (χ3n) is 4.39. The van der Waals surface area contributed by atoms with Crippen molar-refractivity contribution in [2.75, 3.05) is 25.0 Å². The van der Waals surface area contributed by atoms with Crippen LogP contribution in [0.5, 0.6) is 5.75 Å². The Labute approximate surface area is 154 Å². The van der Waals surface area contributed by atoms with Crippen LogP contribution < -0.4 is 10.1 Å². The number of hydrogen-bond donors (Lipinski definition) is 1. The number of amides is 2. The Hall–Kier alpha value is -2.82. The minimum atomic E-state index is -0.0955. The highest BCUT2D eigenvalue weighted by Crippen LogP contribution is 2.14. The number of rotatable bonds is 7. The first-order valence-corrected chi connectivity index (χ1v) is 9.05. The number of nitrogens with zero attached hydrogens (tertiary/aromatic N) is 1. The zero-order chi connectivity index (χ0) is 18.2. The van der Waals surface area contributed by atoms with Gasteiger partial charge in [0.15, 0.2) is 0 Å². The summed E-state index contributed by atoms with van der Waals surface area (Å²) in [5, 5.41) is 2.85. The molecular weight excluding hydrogens is 328 g/mol. The molecule has 0 aromatic heterocycles. The molecule has 5 nitrogen and oxygen atoms in total. The summed E-state index contributed by atoms with van der Waals surface area (Å²) in [6.07, 6.45) is 2.90. The first-order chi connectivity index (χ1) is 12.7. The molecule has 1 aliphatic heterocycles. The number of ether oxygens (including phenoxy) is 1. The van der Waals surface area contributed by atoms with Crippen LogP contribution in [0.3, 0.4) is 0 Å². The fourth-order valence-electron chi connectivity index (χ4n) is 2.96. The van der Waals surface area contributed by atoms with Crippen LogP contribution in [0.2, 0.25) is 0 Å². The van der Waals surface area contributed by atoms with Crippen LogP contribution in [-0.4, -0.2) is 36.4 Å². The van der Waals surface area contributed by atoms with Gasteiger partial charge in [0.1, 0.15) is 5.75 Å². The summed E-state index contributed by atoms with van der Waals surface area (Å²) in [4.78, 5) is 26.1. The lowest BCUT2D eigenvalue weighted by molar-refractivity contribution is -0.129.